The summed E-state index contributed by atoms with van der Waals surface area (Å²) in [6.45, 7) is 2.27. The van der Waals surface area contributed by atoms with E-state index in [9.17, 15) is 0 Å². The van der Waals surface area contributed by atoms with E-state index >= 15 is 0 Å². The standard InChI is InChI=1S/C15H25N5/c1-18(8-4-6-14-10-16-12-19(14)2)9-5-7-15-11-17-13-20(15)3/h10-13H,4-9H2,1-3H3. The molecule has 0 spiro atoms. The molecule has 5 heteroatoms. The van der Waals surface area contributed by atoms with Crippen LogP contribution in [0.1, 0.15) is 24.2 Å². The highest BCUT2D eigenvalue weighted by molar-refractivity contribution is 4.98. The maximum atomic E-state index is 4.15. The van der Waals surface area contributed by atoms with Crippen LogP contribution in [-0.4, -0.2) is 44.1 Å². The van der Waals surface area contributed by atoms with E-state index in [1.54, 1.807) is 0 Å². The van der Waals surface area contributed by atoms with Gasteiger partial charge in [0.05, 0.1) is 12.7 Å². The van der Waals surface area contributed by atoms with Gasteiger partial charge in [0.15, 0.2) is 0 Å². The van der Waals surface area contributed by atoms with E-state index in [0.29, 0.717) is 0 Å². The van der Waals surface area contributed by atoms with Gasteiger partial charge in [-0.3, -0.25) is 0 Å². The highest BCUT2D eigenvalue weighted by atomic mass is 15.1. The molecule has 0 fully saturated rings. The van der Waals surface area contributed by atoms with Crippen LogP contribution in [0.3, 0.4) is 0 Å². The van der Waals surface area contributed by atoms with E-state index in [4.69, 9.17) is 0 Å². The lowest BCUT2D eigenvalue weighted by Gasteiger charge is -2.16. The summed E-state index contributed by atoms with van der Waals surface area (Å²) in [6.07, 6.45) is 12.2. The molecular weight excluding hydrogens is 250 g/mol. The monoisotopic (exact) mass is 275 g/mol. The van der Waals surface area contributed by atoms with Gasteiger partial charge >= 0.3 is 0 Å². The number of rotatable bonds is 8. The Labute approximate surface area is 121 Å². The molecule has 0 N–H and O–H groups in total. The van der Waals surface area contributed by atoms with Gasteiger partial charge in [0.1, 0.15) is 0 Å². The van der Waals surface area contributed by atoms with Crippen molar-refractivity contribution in [1.82, 2.24) is 24.0 Å². The molecule has 0 bridgehead atoms. The predicted molar refractivity (Wildman–Crippen MR) is 80.6 cm³/mol. The second-order valence-corrected chi connectivity index (χ2v) is 5.50. The van der Waals surface area contributed by atoms with Gasteiger partial charge in [-0.1, -0.05) is 0 Å². The fourth-order valence-corrected chi connectivity index (χ4v) is 2.42. The zero-order chi connectivity index (χ0) is 14.4. The quantitative estimate of drug-likeness (QED) is 0.735. The van der Waals surface area contributed by atoms with Crippen molar-refractivity contribution in [3.05, 3.63) is 36.4 Å². The Morgan fingerprint density at radius 3 is 1.70 bits per heavy atom. The lowest BCUT2D eigenvalue weighted by atomic mass is 10.2. The van der Waals surface area contributed by atoms with Gasteiger partial charge in [-0.25, -0.2) is 9.97 Å². The first-order valence-corrected chi connectivity index (χ1v) is 7.25. The summed E-state index contributed by atoms with van der Waals surface area (Å²) >= 11 is 0. The van der Waals surface area contributed by atoms with E-state index in [1.807, 2.05) is 25.0 Å². The molecule has 0 aliphatic carbocycles. The predicted octanol–water partition coefficient (Wildman–Crippen LogP) is 1.65. The minimum absolute atomic E-state index is 1.10. The number of aryl methyl sites for hydroxylation is 4. The number of hydrogen-bond donors (Lipinski definition) is 0. The van der Waals surface area contributed by atoms with Gasteiger partial charge in [-0.05, 0) is 45.8 Å². The molecule has 0 aliphatic heterocycles. The van der Waals surface area contributed by atoms with Crippen molar-refractivity contribution >= 4 is 0 Å². The highest BCUT2D eigenvalue weighted by Gasteiger charge is 2.03. The van der Waals surface area contributed by atoms with Crippen molar-refractivity contribution in [2.75, 3.05) is 20.1 Å². The summed E-state index contributed by atoms with van der Waals surface area (Å²) in [6, 6.07) is 0. The third-order valence-corrected chi connectivity index (χ3v) is 3.78. The van der Waals surface area contributed by atoms with Crippen molar-refractivity contribution in [2.45, 2.75) is 25.7 Å². The molecule has 110 valence electrons. The van der Waals surface area contributed by atoms with E-state index in [1.165, 1.54) is 24.2 Å². The fourth-order valence-electron chi connectivity index (χ4n) is 2.42. The number of nitrogens with zero attached hydrogens (tertiary/aromatic N) is 5. The highest BCUT2D eigenvalue weighted by Crippen LogP contribution is 2.04. The first-order valence-electron chi connectivity index (χ1n) is 7.25. The van der Waals surface area contributed by atoms with Gasteiger partial charge < -0.3 is 14.0 Å². The first-order chi connectivity index (χ1) is 9.66. The van der Waals surface area contributed by atoms with Crippen LogP contribution in [0.15, 0.2) is 25.0 Å². The molecule has 0 aliphatic rings. The molecule has 0 saturated carbocycles. The van der Waals surface area contributed by atoms with Crippen molar-refractivity contribution in [2.24, 2.45) is 14.1 Å². The third kappa shape index (κ3) is 4.20. The van der Waals surface area contributed by atoms with Crippen molar-refractivity contribution < 1.29 is 0 Å². The van der Waals surface area contributed by atoms with Crippen molar-refractivity contribution in [1.29, 1.82) is 0 Å². The Morgan fingerprint density at radius 2 is 1.35 bits per heavy atom. The number of aromatic nitrogens is 4. The summed E-state index contributed by atoms with van der Waals surface area (Å²) in [7, 11) is 6.31. The lowest BCUT2D eigenvalue weighted by molar-refractivity contribution is 0.323. The van der Waals surface area contributed by atoms with Crippen molar-refractivity contribution in [3.63, 3.8) is 0 Å². The molecule has 20 heavy (non-hydrogen) atoms. The first kappa shape index (κ1) is 14.8. The molecule has 0 unspecified atom stereocenters. The Kier molecular flexibility index (Phi) is 5.35. The second-order valence-electron chi connectivity index (χ2n) is 5.50. The molecule has 2 rings (SSSR count). The number of imidazole rings is 2. The summed E-state index contributed by atoms with van der Waals surface area (Å²) in [4.78, 5) is 10.7. The molecule has 2 aromatic rings. The molecule has 0 radical (unpaired) electrons. The molecule has 5 nitrogen and oxygen atoms in total. The maximum Gasteiger partial charge on any atom is 0.0945 e. The van der Waals surface area contributed by atoms with Crippen LogP contribution >= 0.6 is 0 Å². The molecule has 0 saturated heterocycles. The van der Waals surface area contributed by atoms with Gasteiger partial charge in [-0.2, -0.15) is 0 Å². The molecule has 2 heterocycles. The Morgan fingerprint density at radius 1 is 0.900 bits per heavy atom. The lowest BCUT2D eigenvalue weighted by Crippen LogP contribution is -2.22. The van der Waals surface area contributed by atoms with Gasteiger partial charge in [0.2, 0.25) is 0 Å². The van der Waals surface area contributed by atoms with Crippen LogP contribution < -0.4 is 0 Å². The normalized spacial score (nSPS) is 11.4. The molecule has 0 aromatic carbocycles. The summed E-state index contributed by atoms with van der Waals surface area (Å²) in [5.74, 6) is 0. The minimum atomic E-state index is 1.10. The van der Waals surface area contributed by atoms with Crippen LogP contribution in [0.2, 0.25) is 0 Å². The zero-order valence-electron chi connectivity index (χ0n) is 12.8. The molecule has 0 atom stereocenters. The van der Waals surface area contributed by atoms with Crippen molar-refractivity contribution in [3.8, 4) is 0 Å². The summed E-state index contributed by atoms with van der Waals surface area (Å²) in [5, 5.41) is 0. The van der Waals surface area contributed by atoms with Crippen LogP contribution in [0, 0.1) is 0 Å². The average Bonchev–Trinajstić information content (AvgIpc) is 3.00. The zero-order valence-corrected chi connectivity index (χ0v) is 12.8. The maximum absolute atomic E-state index is 4.15. The van der Waals surface area contributed by atoms with Gasteiger partial charge in [0.25, 0.3) is 0 Å². The van der Waals surface area contributed by atoms with Crippen LogP contribution in [-0.2, 0) is 26.9 Å². The summed E-state index contributed by atoms with van der Waals surface area (Å²) in [5.41, 5.74) is 2.63. The Hall–Kier alpha value is -1.62. The van der Waals surface area contributed by atoms with E-state index in [0.717, 1.165) is 25.9 Å². The van der Waals surface area contributed by atoms with E-state index < -0.39 is 0 Å². The van der Waals surface area contributed by atoms with Crippen LogP contribution in [0.4, 0.5) is 0 Å². The third-order valence-electron chi connectivity index (χ3n) is 3.78. The topological polar surface area (TPSA) is 38.9 Å². The van der Waals surface area contributed by atoms with E-state index in [-0.39, 0.29) is 0 Å². The smallest absolute Gasteiger partial charge is 0.0945 e. The number of hydrogen-bond acceptors (Lipinski definition) is 3. The van der Waals surface area contributed by atoms with Gasteiger partial charge in [0, 0.05) is 37.9 Å². The molecular formula is C15H25N5. The Balaban J connectivity index is 1.60. The van der Waals surface area contributed by atoms with E-state index in [2.05, 4.69) is 45.1 Å². The molecule has 2 aromatic heterocycles. The largest absolute Gasteiger partial charge is 0.338 e. The fraction of sp³-hybridized carbons (Fsp3) is 0.600. The average molecular weight is 275 g/mol. The van der Waals surface area contributed by atoms with Crippen LogP contribution in [0.5, 0.6) is 0 Å². The van der Waals surface area contributed by atoms with Gasteiger partial charge in [-0.15, -0.1) is 0 Å². The minimum Gasteiger partial charge on any atom is -0.338 e. The second kappa shape index (κ2) is 7.24. The van der Waals surface area contributed by atoms with Crippen LogP contribution in [0.25, 0.3) is 0 Å². The summed E-state index contributed by atoms with van der Waals surface area (Å²) < 4.78 is 4.20. The molecule has 0 amide bonds. The SMILES string of the molecule is CN(CCCc1cncn1C)CCCc1cncn1C. The Bertz CT molecular complexity index is 468.